The molecular formula is C25H29FN4O4S. The molecule has 3 aromatic rings. The third kappa shape index (κ3) is 4.68. The van der Waals surface area contributed by atoms with Crippen molar-refractivity contribution in [1.29, 1.82) is 0 Å². The van der Waals surface area contributed by atoms with Crippen LogP contribution < -0.4 is 4.31 Å². The minimum atomic E-state index is -3.74. The van der Waals surface area contributed by atoms with Crippen LogP contribution in [0.25, 0.3) is 10.9 Å². The van der Waals surface area contributed by atoms with Crippen molar-refractivity contribution in [2.45, 2.75) is 26.9 Å². The van der Waals surface area contributed by atoms with Gasteiger partial charge in [0.1, 0.15) is 11.3 Å². The highest BCUT2D eigenvalue weighted by atomic mass is 32.2. The van der Waals surface area contributed by atoms with E-state index in [1.165, 1.54) is 34.6 Å². The maximum absolute atomic E-state index is 13.4. The Labute approximate surface area is 204 Å². The summed E-state index contributed by atoms with van der Waals surface area (Å²) in [5, 5.41) is 11.4. The van der Waals surface area contributed by atoms with Crippen molar-refractivity contribution in [1.82, 2.24) is 14.8 Å². The maximum Gasteiger partial charge on any atom is 0.258 e. The van der Waals surface area contributed by atoms with Crippen molar-refractivity contribution in [2.24, 2.45) is 0 Å². The van der Waals surface area contributed by atoms with E-state index in [1.54, 1.807) is 24.3 Å². The number of benzene rings is 2. The largest absolute Gasteiger partial charge is 0.505 e. The quantitative estimate of drug-likeness (QED) is 0.484. The average molecular weight is 501 g/mol. The predicted molar refractivity (Wildman–Crippen MR) is 133 cm³/mol. The van der Waals surface area contributed by atoms with Crippen LogP contribution in [0.1, 0.15) is 35.3 Å². The van der Waals surface area contributed by atoms with Crippen molar-refractivity contribution in [3.05, 3.63) is 65.1 Å². The minimum Gasteiger partial charge on any atom is -0.505 e. The van der Waals surface area contributed by atoms with Gasteiger partial charge in [0.15, 0.2) is 5.75 Å². The normalized spacial score (nSPS) is 13.6. The van der Waals surface area contributed by atoms with Gasteiger partial charge in [-0.2, -0.15) is 0 Å². The van der Waals surface area contributed by atoms with Gasteiger partial charge in [-0.05, 0) is 42.9 Å². The van der Waals surface area contributed by atoms with Crippen LogP contribution in [0.15, 0.2) is 42.6 Å². The molecule has 0 saturated carbocycles. The lowest BCUT2D eigenvalue weighted by Gasteiger charge is -2.26. The number of aromatic hydroxyl groups is 1. The molecule has 0 spiro atoms. The van der Waals surface area contributed by atoms with Crippen LogP contribution in [-0.2, 0) is 23.1 Å². The number of phenolic OH excluding ortho intramolecular Hbond substituents is 1. The number of hydrogen-bond acceptors (Lipinski definition) is 6. The first kappa shape index (κ1) is 24.9. The van der Waals surface area contributed by atoms with E-state index in [1.807, 2.05) is 18.7 Å². The Kier molecular flexibility index (Phi) is 6.95. The van der Waals surface area contributed by atoms with Crippen molar-refractivity contribution >= 4 is 32.5 Å². The van der Waals surface area contributed by atoms with Crippen LogP contribution in [0.4, 0.5) is 10.1 Å². The molecule has 0 saturated heterocycles. The Morgan fingerprint density at radius 2 is 1.83 bits per heavy atom. The molecular weight excluding hydrogens is 471 g/mol. The van der Waals surface area contributed by atoms with Gasteiger partial charge in [0.25, 0.3) is 5.91 Å². The number of rotatable bonds is 9. The molecule has 0 bridgehead atoms. The van der Waals surface area contributed by atoms with Gasteiger partial charge in [0.2, 0.25) is 10.0 Å². The van der Waals surface area contributed by atoms with E-state index in [-0.39, 0.29) is 41.5 Å². The summed E-state index contributed by atoms with van der Waals surface area (Å²) in [6.07, 6.45) is 1.49. The number of pyridine rings is 1. The number of carbonyl (C=O) groups excluding carboxylic acids is 1. The summed E-state index contributed by atoms with van der Waals surface area (Å²) >= 11 is 0. The van der Waals surface area contributed by atoms with Gasteiger partial charge in [-0.1, -0.05) is 26.0 Å². The second-order valence-corrected chi connectivity index (χ2v) is 10.7. The summed E-state index contributed by atoms with van der Waals surface area (Å²) in [4.78, 5) is 21.1. The third-order valence-corrected chi connectivity index (χ3v) is 8.26. The summed E-state index contributed by atoms with van der Waals surface area (Å²) in [5.41, 5.74) is 1.72. The summed E-state index contributed by atoms with van der Waals surface area (Å²) < 4.78 is 41.3. The molecule has 0 radical (unpaired) electrons. The van der Waals surface area contributed by atoms with Crippen molar-refractivity contribution in [2.75, 3.05) is 36.7 Å². The van der Waals surface area contributed by atoms with Crippen LogP contribution in [-0.4, -0.2) is 66.7 Å². The first-order valence-electron chi connectivity index (χ1n) is 11.5. The Morgan fingerprint density at radius 3 is 2.49 bits per heavy atom. The Morgan fingerprint density at radius 1 is 1.14 bits per heavy atom. The van der Waals surface area contributed by atoms with Crippen molar-refractivity contribution in [3.8, 4) is 5.75 Å². The standard InChI is InChI=1S/C25H29FN4O4S/c1-4-29(5-2)13-14-35(33,34)28(3)23-19-7-6-12-27-22(19)24(31)21-20(23)16-30(25(21)32)15-17-8-10-18(26)11-9-17/h6-12,31H,4-5,13-16H2,1-3H3. The topological polar surface area (TPSA) is 94.0 Å². The van der Waals surface area contributed by atoms with E-state index in [2.05, 4.69) is 4.98 Å². The average Bonchev–Trinajstić information content (AvgIpc) is 3.17. The van der Waals surface area contributed by atoms with Crippen molar-refractivity contribution < 1.29 is 22.7 Å². The van der Waals surface area contributed by atoms with Crippen LogP contribution in [0, 0.1) is 5.82 Å². The van der Waals surface area contributed by atoms with E-state index in [9.17, 15) is 22.7 Å². The van der Waals surface area contributed by atoms with Crippen molar-refractivity contribution in [3.63, 3.8) is 0 Å². The smallest absolute Gasteiger partial charge is 0.258 e. The molecule has 1 aliphatic rings. The molecule has 2 heterocycles. The number of halogens is 1. The fraction of sp³-hybridized carbons (Fsp3) is 0.360. The maximum atomic E-state index is 13.4. The van der Waals surface area contributed by atoms with E-state index >= 15 is 0 Å². The molecule has 1 aromatic heterocycles. The fourth-order valence-corrected chi connectivity index (χ4v) is 5.74. The molecule has 8 nitrogen and oxygen atoms in total. The summed E-state index contributed by atoms with van der Waals surface area (Å²) in [7, 11) is -2.27. The summed E-state index contributed by atoms with van der Waals surface area (Å²) in [5.74, 6) is -1.15. The lowest BCUT2D eigenvalue weighted by molar-refractivity contribution is 0.0764. The molecule has 0 unspecified atom stereocenters. The highest BCUT2D eigenvalue weighted by Crippen LogP contribution is 2.44. The number of fused-ring (bicyclic) bond motifs is 2. The van der Waals surface area contributed by atoms with Gasteiger partial charge in [0, 0.05) is 43.8 Å². The van der Waals surface area contributed by atoms with Crippen LogP contribution in [0.3, 0.4) is 0 Å². The lowest BCUT2D eigenvalue weighted by Crippen LogP contribution is -2.36. The van der Waals surface area contributed by atoms with Crippen LogP contribution >= 0.6 is 0 Å². The van der Waals surface area contributed by atoms with Gasteiger partial charge in [0.05, 0.1) is 17.0 Å². The van der Waals surface area contributed by atoms with E-state index < -0.39 is 15.9 Å². The minimum absolute atomic E-state index is 0.0547. The first-order valence-corrected chi connectivity index (χ1v) is 13.1. The van der Waals surface area contributed by atoms with Crippen LogP contribution in [0.2, 0.25) is 0 Å². The number of aromatic nitrogens is 1. The molecule has 0 atom stereocenters. The Balaban J connectivity index is 1.77. The molecule has 186 valence electrons. The molecule has 2 aromatic carbocycles. The highest BCUT2D eigenvalue weighted by Gasteiger charge is 2.37. The monoisotopic (exact) mass is 500 g/mol. The van der Waals surface area contributed by atoms with E-state index in [0.717, 1.165) is 18.7 Å². The summed E-state index contributed by atoms with van der Waals surface area (Å²) in [6.45, 7) is 6.12. The molecule has 1 aliphatic heterocycles. The van der Waals surface area contributed by atoms with E-state index in [0.29, 0.717) is 23.2 Å². The number of sulfonamides is 1. The highest BCUT2D eigenvalue weighted by molar-refractivity contribution is 7.92. The molecule has 10 heteroatoms. The second kappa shape index (κ2) is 9.79. The summed E-state index contributed by atoms with van der Waals surface area (Å²) in [6, 6.07) is 9.19. The molecule has 1 N–H and O–H groups in total. The zero-order valence-electron chi connectivity index (χ0n) is 20.0. The Hall–Kier alpha value is -3.24. The number of hydrogen-bond donors (Lipinski definition) is 1. The predicted octanol–water partition coefficient (Wildman–Crippen LogP) is 3.34. The molecule has 4 rings (SSSR count). The number of phenols is 1. The van der Waals surface area contributed by atoms with Gasteiger partial charge >= 0.3 is 0 Å². The Bertz CT molecular complexity index is 1360. The fourth-order valence-electron chi connectivity index (χ4n) is 4.49. The number of anilines is 1. The first-order chi connectivity index (χ1) is 16.7. The van der Waals surface area contributed by atoms with Gasteiger partial charge in [-0.15, -0.1) is 0 Å². The molecule has 1 amide bonds. The number of carbonyl (C=O) groups is 1. The van der Waals surface area contributed by atoms with Gasteiger partial charge in [-0.3, -0.25) is 14.1 Å². The number of amides is 1. The molecule has 35 heavy (non-hydrogen) atoms. The van der Waals surface area contributed by atoms with E-state index in [4.69, 9.17) is 0 Å². The lowest BCUT2D eigenvalue weighted by atomic mass is 10.0. The number of nitrogens with zero attached hydrogens (tertiary/aromatic N) is 4. The SMILES string of the molecule is CCN(CC)CCS(=O)(=O)N(C)c1c2c(c(O)c3ncccc13)C(=O)N(Cc1ccc(F)cc1)C2. The molecule has 0 aliphatic carbocycles. The molecule has 0 fully saturated rings. The van der Waals surface area contributed by atoms with Crippen LogP contribution in [0.5, 0.6) is 5.75 Å². The third-order valence-electron chi connectivity index (χ3n) is 6.54. The van der Waals surface area contributed by atoms with Gasteiger partial charge in [-0.25, -0.2) is 12.8 Å². The zero-order valence-corrected chi connectivity index (χ0v) is 20.8. The zero-order chi connectivity index (χ0) is 25.3. The van der Waals surface area contributed by atoms with Gasteiger partial charge < -0.3 is 14.9 Å². The second-order valence-electron chi connectivity index (χ2n) is 8.55.